The van der Waals surface area contributed by atoms with Crippen molar-refractivity contribution in [3.8, 4) is 0 Å². The molecule has 2 aromatic rings. The number of benzene rings is 2. The quantitative estimate of drug-likeness (QED) is 0.849. The van der Waals surface area contributed by atoms with Crippen molar-refractivity contribution in [2.24, 2.45) is 0 Å². The van der Waals surface area contributed by atoms with Gasteiger partial charge in [-0.25, -0.2) is 0 Å². The van der Waals surface area contributed by atoms with Crippen molar-refractivity contribution in [3.63, 3.8) is 0 Å². The Morgan fingerprint density at radius 3 is 2.60 bits per heavy atom. The monoisotopic (exact) mass is 265 g/mol. The zero-order valence-electron chi connectivity index (χ0n) is 11.2. The highest BCUT2D eigenvalue weighted by Crippen LogP contribution is 2.44. The molecule has 0 saturated carbocycles. The van der Waals surface area contributed by atoms with Gasteiger partial charge in [0.05, 0.1) is 12.7 Å². The SMILES string of the molecule is CNc1cccc2c1C(=O)c1ccccc1C2C1CO1. The van der Waals surface area contributed by atoms with Crippen molar-refractivity contribution in [3.05, 3.63) is 64.7 Å². The number of ketones is 1. The highest BCUT2D eigenvalue weighted by molar-refractivity contribution is 6.16. The molecule has 1 N–H and O–H groups in total. The van der Waals surface area contributed by atoms with E-state index in [1.165, 1.54) is 0 Å². The molecule has 3 heteroatoms. The molecule has 0 spiro atoms. The molecule has 0 amide bonds. The number of fused-ring (bicyclic) bond motifs is 2. The number of carbonyl (C=O) groups is 1. The number of carbonyl (C=O) groups excluding carboxylic acids is 1. The largest absolute Gasteiger partial charge is 0.388 e. The van der Waals surface area contributed by atoms with E-state index >= 15 is 0 Å². The van der Waals surface area contributed by atoms with Crippen LogP contribution in [0.1, 0.15) is 33.0 Å². The Labute approximate surface area is 117 Å². The van der Waals surface area contributed by atoms with Crippen LogP contribution in [0.2, 0.25) is 0 Å². The Morgan fingerprint density at radius 2 is 1.85 bits per heavy atom. The van der Waals surface area contributed by atoms with Crippen LogP contribution in [0.4, 0.5) is 5.69 Å². The minimum absolute atomic E-state index is 0.109. The third-order valence-corrected chi connectivity index (χ3v) is 4.20. The first-order valence-corrected chi connectivity index (χ1v) is 6.87. The summed E-state index contributed by atoms with van der Waals surface area (Å²) in [4.78, 5) is 12.8. The van der Waals surface area contributed by atoms with Gasteiger partial charge in [-0.15, -0.1) is 0 Å². The molecule has 3 nitrogen and oxygen atoms in total. The van der Waals surface area contributed by atoms with Crippen LogP contribution in [0.25, 0.3) is 0 Å². The molecule has 0 aromatic heterocycles. The lowest BCUT2D eigenvalue weighted by Crippen LogP contribution is -2.23. The van der Waals surface area contributed by atoms with Gasteiger partial charge in [0.15, 0.2) is 5.78 Å². The number of rotatable bonds is 2. The summed E-state index contributed by atoms with van der Waals surface area (Å²) >= 11 is 0. The van der Waals surface area contributed by atoms with E-state index in [0.29, 0.717) is 0 Å². The molecule has 2 aromatic carbocycles. The molecule has 1 fully saturated rings. The van der Waals surface area contributed by atoms with E-state index in [0.717, 1.165) is 34.5 Å². The summed E-state index contributed by atoms with van der Waals surface area (Å²) in [6.07, 6.45) is 0.204. The van der Waals surface area contributed by atoms with Crippen LogP contribution in [0.3, 0.4) is 0 Å². The first-order valence-electron chi connectivity index (χ1n) is 6.87. The summed E-state index contributed by atoms with van der Waals surface area (Å²) in [5, 5.41) is 3.13. The second-order valence-corrected chi connectivity index (χ2v) is 5.29. The van der Waals surface area contributed by atoms with Gasteiger partial charge >= 0.3 is 0 Å². The molecule has 1 aliphatic heterocycles. The van der Waals surface area contributed by atoms with Gasteiger partial charge in [0.25, 0.3) is 0 Å². The Hall–Kier alpha value is -2.13. The second kappa shape index (κ2) is 4.18. The summed E-state index contributed by atoms with van der Waals surface area (Å²) in [6, 6.07) is 13.9. The highest BCUT2D eigenvalue weighted by Gasteiger charge is 2.42. The maximum absolute atomic E-state index is 12.8. The molecular formula is C17H15NO2. The van der Waals surface area contributed by atoms with Crippen molar-refractivity contribution in [2.45, 2.75) is 12.0 Å². The zero-order chi connectivity index (χ0) is 13.7. The Balaban J connectivity index is 2.01. The molecule has 1 saturated heterocycles. The van der Waals surface area contributed by atoms with Crippen LogP contribution in [-0.4, -0.2) is 25.5 Å². The molecule has 0 radical (unpaired) electrons. The predicted octanol–water partition coefficient (Wildman–Crippen LogP) is 2.80. The number of hydrogen-bond acceptors (Lipinski definition) is 3. The maximum Gasteiger partial charge on any atom is 0.195 e. The summed E-state index contributed by atoms with van der Waals surface area (Å²) < 4.78 is 5.54. The van der Waals surface area contributed by atoms with E-state index in [-0.39, 0.29) is 17.8 Å². The smallest absolute Gasteiger partial charge is 0.195 e. The fourth-order valence-corrected chi connectivity index (χ4v) is 3.22. The van der Waals surface area contributed by atoms with Crippen LogP contribution in [0.5, 0.6) is 0 Å². The third-order valence-electron chi connectivity index (χ3n) is 4.20. The third kappa shape index (κ3) is 1.53. The van der Waals surface area contributed by atoms with E-state index in [1.807, 2.05) is 37.4 Å². The maximum atomic E-state index is 12.8. The van der Waals surface area contributed by atoms with Crippen LogP contribution in [0.15, 0.2) is 42.5 Å². The first-order chi connectivity index (χ1) is 9.81. The van der Waals surface area contributed by atoms with Gasteiger partial charge in [-0.1, -0.05) is 36.4 Å². The summed E-state index contributed by atoms with van der Waals surface area (Å²) in [7, 11) is 1.85. The summed E-state index contributed by atoms with van der Waals surface area (Å²) in [5.41, 5.74) is 4.69. The van der Waals surface area contributed by atoms with E-state index < -0.39 is 0 Å². The standard InChI is InChI=1S/C17H15NO2/c1-18-13-8-4-7-12-15(14-9-20-14)10-5-2-3-6-11(10)17(19)16(12)13/h2-8,14-15,18H,9H2,1H3. The van der Waals surface area contributed by atoms with Crippen LogP contribution in [-0.2, 0) is 4.74 Å². The fraction of sp³-hybridized carbons (Fsp3) is 0.235. The van der Waals surface area contributed by atoms with Gasteiger partial charge in [0.2, 0.25) is 0 Å². The Kier molecular flexibility index (Phi) is 2.44. The van der Waals surface area contributed by atoms with E-state index in [1.54, 1.807) is 0 Å². The highest BCUT2D eigenvalue weighted by atomic mass is 16.6. The average molecular weight is 265 g/mol. The number of ether oxygens (including phenoxy) is 1. The average Bonchev–Trinajstić information content (AvgIpc) is 3.31. The van der Waals surface area contributed by atoms with Gasteiger partial charge in [0.1, 0.15) is 0 Å². The van der Waals surface area contributed by atoms with E-state index in [4.69, 9.17) is 4.74 Å². The van der Waals surface area contributed by atoms with Crippen molar-refractivity contribution >= 4 is 11.5 Å². The van der Waals surface area contributed by atoms with E-state index in [2.05, 4.69) is 17.4 Å². The molecule has 100 valence electrons. The van der Waals surface area contributed by atoms with Crippen molar-refractivity contribution < 1.29 is 9.53 Å². The molecule has 0 bridgehead atoms. The molecule has 2 aliphatic rings. The molecule has 1 heterocycles. The van der Waals surface area contributed by atoms with Crippen molar-refractivity contribution in [1.82, 2.24) is 0 Å². The van der Waals surface area contributed by atoms with Gasteiger partial charge in [0, 0.05) is 29.8 Å². The predicted molar refractivity (Wildman–Crippen MR) is 77.4 cm³/mol. The van der Waals surface area contributed by atoms with Crippen LogP contribution < -0.4 is 5.32 Å². The lowest BCUT2D eigenvalue weighted by molar-refractivity contribution is 0.103. The molecule has 1 aliphatic carbocycles. The zero-order valence-corrected chi connectivity index (χ0v) is 11.2. The minimum atomic E-state index is 0.109. The number of nitrogens with one attached hydrogen (secondary N) is 1. The molecule has 20 heavy (non-hydrogen) atoms. The normalized spacial score (nSPS) is 22.9. The lowest BCUT2D eigenvalue weighted by atomic mass is 9.75. The van der Waals surface area contributed by atoms with Gasteiger partial charge < -0.3 is 10.1 Å². The second-order valence-electron chi connectivity index (χ2n) is 5.29. The minimum Gasteiger partial charge on any atom is -0.388 e. The Bertz CT molecular complexity index is 704. The summed E-state index contributed by atoms with van der Waals surface area (Å²) in [5.74, 6) is 0.282. The number of hydrogen-bond donors (Lipinski definition) is 1. The Morgan fingerprint density at radius 1 is 1.10 bits per heavy atom. The van der Waals surface area contributed by atoms with Crippen molar-refractivity contribution in [2.75, 3.05) is 19.0 Å². The molecular weight excluding hydrogens is 250 g/mol. The number of epoxide rings is 1. The van der Waals surface area contributed by atoms with Crippen LogP contribution >= 0.6 is 0 Å². The van der Waals surface area contributed by atoms with Gasteiger partial charge in [-0.05, 0) is 17.2 Å². The van der Waals surface area contributed by atoms with Crippen molar-refractivity contribution in [1.29, 1.82) is 0 Å². The lowest BCUT2D eigenvalue weighted by Gasteiger charge is -2.27. The van der Waals surface area contributed by atoms with Gasteiger partial charge in [-0.3, -0.25) is 4.79 Å². The van der Waals surface area contributed by atoms with Gasteiger partial charge in [-0.2, -0.15) is 0 Å². The molecule has 2 unspecified atom stereocenters. The first kappa shape index (κ1) is 11.7. The number of anilines is 1. The molecule has 2 atom stereocenters. The fourth-order valence-electron chi connectivity index (χ4n) is 3.22. The van der Waals surface area contributed by atoms with Crippen LogP contribution in [0, 0.1) is 0 Å². The van der Waals surface area contributed by atoms with E-state index in [9.17, 15) is 4.79 Å². The molecule has 4 rings (SSSR count). The summed E-state index contributed by atoms with van der Waals surface area (Å²) in [6.45, 7) is 0.774. The topological polar surface area (TPSA) is 41.6 Å².